The van der Waals surface area contributed by atoms with Gasteiger partial charge in [-0.3, -0.25) is 15.0 Å². The Balaban J connectivity index is 1.81. The van der Waals surface area contributed by atoms with Crippen molar-refractivity contribution in [2.24, 2.45) is 0 Å². The highest BCUT2D eigenvalue weighted by atomic mass is 19.4. The summed E-state index contributed by atoms with van der Waals surface area (Å²) in [6.07, 6.45) is -6.77. The van der Waals surface area contributed by atoms with Gasteiger partial charge in [-0.15, -0.1) is 0 Å². The molecular weight excluding hydrogens is 509 g/mol. The molecule has 5 rings (SSSR count). The second-order valence-electron chi connectivity index (χ2n) is 8.17. The van der Waals surface area contributed by atoms with Gasteiger partial charge in [-0.05, 0) is 30.3 Å². The molecule has 1 unspecified atom stereocenters. The van der Waals surface area contributed by atoms with Crippen LogP contribution in [0.2, 0.25) is 0 Å². The fourth-order valence-corrected chi connectivity index (χ4v) is 4.41. The quantitative estimate of drug-likeness (QED) is 0.323. The SMILES string of the molecule is COc1cccc(N2C(=O)c3ccccc3C2(OC(=O)C(F)(F)F)c2ccc3nc(NC(=O)O)[nH]c3c2)c1. The highest BCUT2D eigenvalue weighted by molar-refractivity contribution is 6.13. The Labute approximate surface area is 211 Å². The predicted molar refractivity (Wildman–Crippen MR) is 127 cm³/mol. The molecule has 0 aliphatic carbocycles. The van der Waals surface area contributed by atoms with Crippen LogP contribution < -0.4 is 15.0 Å². The summed E-state index contributed by atoms with van der Waals surface area (Å²) < 4.78 is 51.3. The van der Waals surface area contributed by atoms with Crippen molar-refractivity contribution in [2.45, 2.75) is 11.9 Å². The van der Waals surface area contributed by atoms with E-state index >= 15 is 0 Å². The van der Waals surface area contributed by atoms with Gasteiger partial charge in [0.2, 0.25) is 11.7 Å². The number of hydrogen-bond acceptors (Lipinski definition) is 6. The number of fused-ring (bicyclic) bond motifs is 2. The summed E-state index contributed by atoms with van der Waals surface area (Å²) in [6.45, 7) is 0. The van der Waals surface area contributed by atoms with Crippen LogP contribution in [0.3, 0.4) is 0 Å². The lowest BCUT2D eigenvalue weighted by Gasteiger charge is -2.39. The van der Waals surface area contributed by atoms with E-state index in [0.29, 0.717) is 5.75 Å². The Morgan fingerprint density at radius 1 is 1.08 bits per heavy atom. The van der Waals surface area contributed by atoms with Crippen molar-refractivity contribution in [1.29, 1.82) is 0 Å². The molecule has 2 amide bonds. The molecule has 0 spiro atoms. The number of halogens is 3. The van der Waals surface area contributed by atoms with E-state index in [4.69, 9.17) is 14.6 Å². The van der Waals surface area contributed by atoms with Gasteiger partial charge in [-0.25, -0.2) is 14.6 Å². The molecule has 13 heteroatoms. The molecule has 194 valence electrons. The normalized spacial score (nSPS) is 16.8. The zero-order valence-electron chi connectivity index (χ0n) is 19.4. The van der Waals surface area contributed by atoms with E-state index in [1.165, 1.54) is 67.8 Å². The van der Waals surface area contributed by atoms with Crippen molar-refractivity contribution in [3.05, 3.63) is 83.4 Å². The highest BCUT2D eigenvalue weighted by Gasteiger charge is 2.58. The van der Waals surface area contributed by atoms with E-state index in [-0.39, 0.29) is 39.4 Å². The molecule has 1 atom stereocenters. The summed E-state index contributed by atoms with van der Waals surface area (Å²) in [7, 11) is 1.38. The number of nitrogens with zero attached hydrogens (tertiary/aromatic N) is 2. The summed E-state index contributed by atoms with van der Waals surface area (Å²) in [4.78, 5) is 44.9. The van der Waals surface area contributed by atoms with Gasteiger partial charge < -0.3 is 19.6 Å². The number of aromatic amines is 1. The van der Waals surface area contributed by atoms with Gasteiger partial charge in [0.25, 0.3) is 5.91 Å². The maximum Gasteiger partial charge on any atom is 0.491 e. The van der Waals surface area contributed by atoms with Gasteiger partial charge in [-0.1, -0.05) is 30.3 Å². The number of H-pyrrole nitrogens is 1. The van der Waals surface area contributed by atoms with Crippen LogP contribution in [0.5, 0.6) is 5.75 Å². The summed E-state index contributed by atoms with van der Waals surface area (Å²) in [5.74, 6) is -3.08. The average Bonchev–Trinajstić information content (AvgIpc) is 3.39. The van der Waals surface area contributed by atoms with Crippen molar-refractivity contribution >= 4 is 40.6 Å². The van der Waals surface area contributed by atoms with Crippen molar-refractivity contribution in [2.75, 3.05) is 17.3 Å². The first-order valence-electron chi connectivity index (χ1n) is 10.9. The summed E-state index contributed by atoms with van der Waals surface area (Å²) in [6, 6.07) is 15.9. The molecule has 0 saturated carbocycles. The number of esters is 1. The van der Waals surface area contributed by atoms with Crippen LogP contribution in [0.1, 0.15) is 21.5 Å². The number of rotatable bonds is 5. The molecule has 10 nitrogen and oxygen atoms in total. The Kier molecular flexibility index (Phi) is 5.70. The lowest BCUT2D eigenvalue weighted by atomic mass is 9.92. The zero-order valence-corrected chi connectivity index (χ0v) is 19.4. The maximum atomic E-state index is 13.7. The topological polar surface area (TPSA) is 134 Å². The number of benzene rings is 3. The number of alkyl halides is 3. The van der Waals surface area contributed by atoms with Gasteiger partial charge in [0.05, 0.1) is 23.8 Å². The molecule has 3 N–H and O–H groups in total. The first kappa shape index (κ1) is 24.6. The molecule has 2 heterocycles. The van der Waals surface area contributed by atoms with Crippen LogP contribution >= 0.6 is 0 Å². The molecule has 1 aliphatic rings. The van der Waals surface area contributed by atoms with Crippen LogP contribution in [0.4, 0.5) is 29.6 Å². The Bertz CT molecular complexity index is 1600. The van der Waals surface area contributed by atoms with E-state index in [1.54, 1.807) is 6.07 Å². The van der Waals surface area contributed by atoms with Crippen molar-refractivity contribution in [3.8, 4) is 5.75 Å². The molecule has 0 bridgehead atoms. The number of amides is 2. The number of ether oxygens (including phenoxy) is 2. The number of anilines is 2. The maximum absolute atomic E-state index is 13.7. The first-order chi connectivity index (χ1) is 18.0. The summed E-state index contributed by atoms with van der Waals surface area (Å²) >= 11 is 0. The summed E-state index contributed by atoms with van der Waals surface area (Å²) in [5.41, 5.74) is -1.85. The van der Waals surface area contributed by atoms with Gasteiger partial charge in [-0.2, -0.15) is 13.2 Å². The Morgan fingerprint density at radius 2 is 1.84 bits per heavy atom. The Morgan fingerprint density at radius 3 is 2.55 bits per heavy atom. The Hall–Kier alpha value is -5.07. The first-order valence-corrected chi connectivity index (χ1v) is 10.9. The monoisotopic (exact) mass is 526 g/mol. The summed E-state index contributed by atoms with van der Waals surface area (Å²) in [5, 5.41) is 11.0. The predicted octanol–water partition coefficient (Wildman–Crippen LogP) is 4.63. The van der Waals surface area contributed by atoms with Gasteiger partial charge in [0.1, 0.15) is 5.75 Å². The van der Waals surface area contributed by atoms with Gasteiger partial charge in [0.15, 0.2) is 0 Å². The lowest BCUT2D eigenvalue weighted by molar-refractivity contribution is -0.211. The fourth-order valence-electron chi connectivity index (χ4n) is 4.41. The van der Waals surface area contributed by atoms with E-state index in [1.807, 2.05) is 0 Å². The smallest absolute Gasteiger partial charge is 0.491 e. The number of carboxylic acid groups (broad SMARTS) is 1. The second kappa shape index (κ2) is 8.80. The average molecular weight is 526 g/mol. The molecule has 0 saturated heterocycles. The second-order valence-corrected chi connectivity index (χ2v) is 8.17. The minimum atomic E-state index is -5.38. The van der Waals surface area contributed by atoms with Gasteiger partial charge in [0, 0.05) is 22.8 Å². The number of carbonyl (C=O) groups is 3. The van der Waals surface area contributed by atoms with Gasteiger partial charge >= 0.3 is 18.2 Å². The minimum Gasteiger partial charge on any atom is -0.497 e. The molecule has 1 aromatic heterocycles. The van der Waals surface area contributed by atoms with Crippen molar-refractivity contribution in [1.82, 2.24) is 9.97 Å². The molecule has 3 aromatic carbocycles. The standard InChI is InChI=1S/C25H17F3N4O6/c1-37-15-6-4-5-14(12-15)32-20(33)16-7-2-3-8-17(16)24(32,38-21(34)25(26,27)28)13-9-10-18-19(11-13)30-22(29-18)31-23(35)36/h2-12H,1H3,(H,35,36)(H2,29,30,31). The van der Waals surface area contributed by atoms with Crippen LogP contribution in [0, 0.1) is 0 Å². The third kappa shape index (κ3) is 3.93. The number of imidazole rings is 1. The van der Waals surface area contributed by atoms with E-state index in [0.717, 1.165) is 4.90 Å². The third-order valence-electron chi connectivity index (χ3n) is 5.92. The van der Waals surface area contributed by atoms with Crippen LogP contribution in [0.25, 0.3) is 11.0 Å². The fraction of sp³-hybridized carbons (Fsp3) is 0.120. The molecular formula is C25H17F3N4O6. The van der Waals surface area contributed by atoms with E-state index in [9.17, 15) is 27.6 Å². The molecule has 0 radical (unpaired) electrons. The number of hydrogen-bond donors (Lipinski definition) is 3. The molecule has 4 aromatic rings. The number of methoxy groups -OCH3 is 1. The number of nitrogens with one attached hydrogen (secondary N) is 2. The van der Waals surface area contributed by atoms with Crippen LogP contribution in [0.15, 0.2) is 66.7 Å². The van der Waals surface area contributed by atoms with E-state index in [2.05, 4.69) is 15.3 Å². The zero-order chi connectivity index (χ0) is 27.2. The van der Waals surface area contributed by atoms with Crippen LogP contribution in [-0.2, 0) is 15.3 Å². The third-order valence-corrected chi connectivity index (χ3v) is 5.92. The van der Waals surface area contributed by atoms with Crippen molar-refractivity contribution in [3.63, 3.8) is 0 Å². The highest BCUT2D eigenvalue weighted by Crippen LogP contribution is 2.49. The minimum absolute atomic E-state index is 0.00632. The lowest BCUT2D eigenvalue weighted by Crippen LogP contribution is -2.50. The number of carbonyl (C=O) groups excluding carboxylic acids is 2. The number of aromatic nitrogens is 2. The van der Waals surface area contributed by atoms with Crippen LogP contribution in [-0.4, -0.2) is 46.3 Å². The van der Waals surface area contributed by atoms with Crippen molar-refractivity contribution < 1.29 is 42.1 Å². The largest absolute Gasteiger partial charge is 0.497 e. The molecule has 0 fully saturated rings. The van der Waals surface area contributed by atoms with E-state index < -0.39 is 29.9 Å². The molecule has 1 aliphatic heterocycles. The molecule has 38 heavy (non-hydrogen) atoms.